The van der Waals surface area contributed by atoms with E-state index in [1.165, 1.54) is 0 Å². The van der Waals surface area contributed by atoms with Crippen LogP contribution in [-0.2, 0) is 0 Å². The van der Waals surface area contributed by atoms with E-state index >= 15 is 0 Å². The molecule has 0 N–H and O–H groups in total. The van der Waals surface area contributed by atoms with Crippen LogP contribution < -0.4 is 4.74 Å². The van der Waals surface area contributed by atoms with Gasteiger partial charge < -0.3 is 4.74 Å². The molecule has 0 unspecified atom stereocenters. The van der Waals surface area contributed by atoms with Gasteiger partial charge in [-0.25, -0.2) is 0 Å². The van der Waals surface area contributed by atoms with Crippen molar-refractivity contribution < 1.29 is 4.74 Å². The van der Waals surface area contributed by atoms with Crippen LogP contribution in [0.5, 0.6) is 6.01 Å². The van der Waals surface area contributed by atoms with Crippen LogP contribution >= 0.6 is 0 Å². The Morgan fingerprint density at radius 2 is 2.00 bits per heavy atom. The average Bonchev–Trinajstić information content (AvgIpc) is 2.38. The summed E-state index contributed by atoms with van der Waals surface area (Å²) < 4.78 is 5.33. The lowest BCUT2D eigenvalue weighted by Gasteiger charge is -2.03. The molecule has 0 saturated carbocycles. The fourth-order valence-corrected chi connectivity index (χ4v) is 1.29. The minimum Gasteiger partial charge on any atom is -0.462 e. The summed E-state index contributed by atoms with van der Waals surface area (Å²) in [7, 11) is 0. The second-order valence-corrected chi connectivity index (χ2v) is 3.34. The van der Waals surface area contributed by atoms with Gasteiger partial charge in [-0.1, -0.05) is 42.4 Å². The Balaban J connectivity index is 2.22. The van der Waals surface area contributed by atoms with E-state index in [2.05, 4.69) is 15.2 Å². The van der Waals surface area contributed by atoms with Crippen LogP contribution in [-0.4, -0.2) is 21.8 Å². The van der Waals surface area contributed by atoms with Gasteiger partial charge in [-0.05, 0) is 6.42 Å². The van der Waals surface area contributed by atoms with Crippen molar-refractivity contribution in [1.29, 1.82) is 0 Å². The SMILES string of the molecule is CCCOc1nncc(-c2ccccc2)n1. The average molecular weight is 215 g/mol. The molecule has 1 aromatic heterocycles. The van der Waals surface area contributed by atoms with E-state index in [0.717, 1.165) is 17.7 Å². The number of benzene rings is 1. The van der Waals surface area contributed by atoms with Gasteiger partial charge in [0, 0.05) is 5.56 Å². The van der Waals surface area contributed by atoms with Crippen LogP contribution in [0.2, 0.25) is 0 Å². The molecule has 2 aromatic rings. The minimum atomic E-state index is 0.336. The Labute approximate surface area is 94.3 Å². The molecule has 1 aromatic carbocycles. The molecule has 4 heteroatoms. The quantitative estimate of drug-likeness (QED) is 0.785. The maximum absolute atomic E-state index is 5.33. The number of rotatable bonds is 4. The van der Waals surface area contributed by atoms with Gasteiger partial charge in [-0.2, -0.15) is 10.1 Å². The van der Waals surface area contributed by atoms with Gasteiger partial charge in [0.15, 0.2) is 0 Å². The third-order valence-electron chi connectivity index (χ3n) is 2.04. The van der Waals surface area contributed by atoms with Crippen molar-refractivity contribution in [2.45, 2.75) is 13.3 Å². The molecule has 0 aliphatic rings. The molecule has 0 amide bonds. The normalized spacial score (nSPS) is 10.1. The van der Waals surface area contributed by atoms with Gasteiger partial charge in [0.1, 0.15) is 0 Å². The van der Waals surface area contributed by atoms with Crippen LogP contribution in [0.1, 0.15) is 13.3 Å². The smallest absolute Gasteiger partial charge is 0.336 e. The third-order valence-corrected chi connectivity index (χ3v) is 2.04. The second-order valence-electron chi connectivity index (χ2n) is 3.34. The molecule has 0 aliphatic carbocycles. The minimum absolute atomic E-state index is 0.336. The molecule has 0 radical (unpaired) electrons. The highest BCUT2D eigenvalue weighted by molar-refractivity contribution is 5.57. The summed E-state index contributed by atoms with van der Waals surface area (Å²) in [4.78, 5) is 4.28. The summed E-state index contributed by atoms with van der Waals surface area (Å²) in [5.41, 5.74) is 1.79. The molecule has 0 spiro atoms. The fraction of sp³-hybridized carbons (Fsp3) is 0.250. The fourth-order valence-electron chi connectivity index (χ4n) is 1.29. The first-order valence-corrected chi connectivity index (χ1v) is 5.28. The number of nitrogens with zero attached hydrogens (tertiary/aromatic N) is 3. The Bertz CT molecular complexity index is 445. The lowest BCUT2D eigenvalue weighted by Crippen LogP contribution is -2.01. The Kier molecular flexibility index (Phi) is 3.43. The topological polar surface area (TPSA) is 47.9 Å². The van der Waals surface area contributed by atoms with E-state index in [4.69, 9.17) is 4.74 Å². The molecule has 4 nitrogen and oxygen atoms in total. The lowest BCUT2D eigenvalue weighted by molar-refractivity contribution is 0.288. The van der Waals surface area contributed by atoms with Crippen LogP contribution in [0, 0.1) is 0 Å². The molecular formula is C12H13N3O. The highest BCUT2D eigenvalue weighted by atomic mass is 16.5. The van der Waals surface area contributed by atoms with E-state index in [1.54, 1.807) is 6.20 Å². The van der Waals surface area contributed by atoms with Crippen molar-refractivity contribution in [3.63, 3.8) is 0 Å². The first-order valence-electron chi connectivity index (χ1n) is 5.28. The third kappa shape index (κ3) is 2.53. The number of aromatic nitrogens is 3. The van der Waals surface area contributed by atoms with Crippen molar-refractivity contribution in [1.82, 2.24) is 15.2 Å². The molecule has 1 heterocycles. The largest absolute Gasteiger partial charge is 0.462 e. The maximum Gasteiger partial charge on any atom is 0.336 e. The van der Waals surface area contributed by atoms with Crippen LogP contribution in [0.15, 0.2) is 36.5 Å². The summed E-state index contributed by atoms with van der Waals surface area (Å²) in [6, 6.07) is 10.2. The summed E-state index contributed by atoms with van der Waals surface area (Å²) in [6.07, 6.45) is 2.56. The van der Waals surface area contributed by atoms with Gasteiger partial charge in [-0.15, -0.1) is 0 Å². The summed E-state index contributed by atoms with van der Waals surface area (Å²) >= 11 is 0. The van der Waals surface area contributed by atoms with Gasteiger partial charge in [-0.3, -0.25) is 0 Å². The van der Waals surface area contributed by atoms with E-state index in [9.17, 15) is 0 Å². The predicted octanol–water partition coefficient (Wildman–Crippen LogP) is 2.33. The van der Waals surface area contributed by atoms with E-state index < -0.39 is 0 Å². The predicted molar refractivity (Wildman–Crippen MR) is 61.0 cm³/mol. The molecule has 2 rings (SSSR count). The molecular weight excluding hydrogens is 202 g/mol. The number of hydrogen-bond donors (Lipinski definition) is 0. The van der Waals surface area contributed by atoms with E-state index in [-0.39, 0.29) is 0 Å². The summed E-state index contributed by atoms with van der Waals surface area (Å²) in [6.45, 7) is 2.65. The summed E-state index contributed by atoms with van der Waals surface area (Å²) in [5, 5.41) is 7.70. The van der Waals surface area contributed by atoms with Crippen molar-refractivity contribution >= 4 is 0 Å². The highest BCUT2D eigenvalue weighted by Crippen LogP contribution is 2.16. The van der Waals surface area contributed by atoms with E-state index in [0.29, 0.717) is 12.6 Å². The Hall–Kier alpha value is -1.97. The van der Waals surface area contributed by atoms with Gasteiger partial charge >= 0.3 is 6.01 Å². The molecule has 16 heavy (non-hydrogen) atoms. The molecule has 0 saturated heterocycles. The molecule has 0 fully saturated rings. The standard InChI is InChI=1S/C12H13N3O/c1-2-8-16-12-14-11(9-13-15-12)10-6-4-3-5-7-10/h3-7,9H,2,8H2,1H3. The van der Waals surface area contributed by atoms with Crippen molar-refractivity contribution in [2.24, 2.45) is 0 Å². The second kappa shape index (κ2) is 5.21. The number of ether oxygens (including phenoxy) is 1. The molecule has 0 aliphatic heterocycles. The molecule has 82 valence electrons. The lowest BCUT2D eigenvalue weighted by atomic mass is 10.2. The van der Waals surface area contributed by atoms with Gasteiger partial charge in [0.2, 0.25) is 0 Å². The maximum atomic E-state index is 5.33. The number of hydrogen-bond acceptors (Lipinski definition) is 4. The highest BCUT2D eigenvalue weighted by Gasteiger charge is 2.02. The van der Waals surface area contributed by atoms with Crippen molar-refractivity contribution in [2.75, 3.05) is 6.61 Å². The Morgan fingerprint density at radius 3 is 2.75 bits per heavy atom. The van der Waals surface area contributed by atoms with Crippen LogP contribution in [0.3, 0.4) is 0 Å². The van der Waals surface area contributed by atoms with E-state index in [1.807, 2.05) is 37.3 Å². The monoisotopic (exact) mass is 215 g/mol. The first-order chi connectivity index (χ1) is 7.90. The van der Waals surface area contributed by atoms with Crippen molar-refractivity contribution in [3.05, 3.63) is 36.5 Å². The zero-order valence-corrected chi connectivity index (χ0v) is 9.13. The van der Waals surface area contributed by atoms with Crippen LogP contribution in [0.25, 0.3) is 11.3 Å². The summed E-state index contributed by atoms with van der Waals surface area (Å²) in [5.74, 6) is 0. The van der Waals surface area contributed by atoms with Crippen LogP contribution in [0.4, 0.5) is 0 Å². The van der Waals surface area contributed by atoms with Crippen molar-refractivity contribution in [3.8, 4) is 17.3 Å². The first kappa shape index (κ1) is 10.5. The zero-order chi connectivity index (χ0) is 11.2. The molecule has 0 atom stereocenters. The zero-order valence-electron chi connectivity index (χ0n) is 9.13. The Morgan fingerprint density at radius 1 is 1.19 bits per heavy atom. The van der Waals surface area contributed by atoms with Gasteiger partial charge in [0.05, 0.1) is 18.5 Å². The molecule has 0 bridgehead atoms. The van der Waals surface area contributed by atoms with Gasteiger partial charge in [0.25, 0.3) is 0 Å².